The molecule has 0 bridgehead atoms. The lowest BCUT2D eigenvalue weighted by Crippen LogP contribution is -2.32. The molecule has 1 fully saturated rings. The maximum Gasteiger partial charge on any atom is 0.243 e. The molecule has 1 heterocycles. The van der Waals surface area contributed by atoms with Gasteiger partial charge in [-0.25, -0.2) is 8.42 Å². The van der Waals surface area contributed by atoms with Crippen LogP contribution < -0.4 is 5.73 Å². The minimum Gasteiger partial charge on any atom is -0.399 e. The van der Waals surface area contributed by atoms with Crippen molar-refractivity contribution >= 4 is 15.7 Å². The quantitative estimate of drug-likeness (QED) is 0.835. The van der Waals surface area contributed by atoms with E-state index in [0.29, 0.717) is 29.6 Å². The SMILES string of the molecule is CC1CCCN(S(=O)(=O)c2ccc(N)cc2)CC1. The average Bonchev–Trinajstić information content (AvgIpc) is 2.55. The van der Waals surface area contributed by atoms with E-state index in [1.807, 2.05) is 0 Å². The fourth-order valence-electron chi connectivity index (χ4n) is 2.27. The van der Waals surface area contributed by atoms with Gasteiger partial charge in [0.05, 0.1) is 4.90 Å². The van der Waals surface area contributed by atoms with Gasteiger partial charge in [-0.1, -0.05) is 6.92 Å². The zero-order valence-corrected chi connectivity index (χ0v) is 11.5. The van der Waals surface area contributed by atoms with Gasteiger partial charge in [-0.3, -0.25) is 0 Å². The van der Waals surface area contributed by atoms with Crippen molar-refractivity contribution in [2.45, 2.75) is 31.1 Å². The molecule has 0 radical (unpaired) electrons. The summed E-state index contributed by atoms with van der Waals surface area (Å²) in [6.45, 7) is 3.42. The van der Waals surface area contributed by atoms with E-state index in [-0.39, 0.29) is 0 Å². The predicted octanol–water partition coefficient (Wildman–Crippen LogP) is 2.08. The van der Waals surface area contributed by atoms with Crippen LogP contribution in [0.2, 0.25) is 0 Å². The number of nitrogens with zero attached hydrogens (tertiary/aromatic N) is 1. The van der Waals surface area contributed by atoms with Crippen LogP contribution >= 0.6 is 0 Å². The molecular formula is C13H20N2O2S. The van der Waals surface area contributed by atoms with Gasteiger partial charge in [0.1, 0.15) is 0 Å². The number of hydrogen-bond donors (Lipinski definition) is 1. The first-order valence-electron chi connectivity index (χ1n) is 6.36. The average molecular weight is 268 g/mol. The van der Waals surface area contributed by atoms with Crippen LogP contribution in [0, 0.1) is 5.92 Å². The Hall–Kier alpha value is -1.07. The van der Waals surface area contributed by atoms with Crippen LogP contribution in [0.3, 0.4) is 0 Å². The summed E-state index contributed by atoms with van der Waals surface area (Å²) in [6, 6.07) is 6.43. The largest absolute Gasteiger partial charge is 0.399 e. The van der Waals surface area contributed by atoms with Crippen molar-refractivity contribution in [3.8, 4) is 0 Å². The fraction of sp³-hybridized carbons (Fsp3) is 0.538. The Kier molecular flexibility index (Phi) is 3.92. The monoisotopic (exact) mass is 268 g/mol. The van der Waals surface area contributed by atoms with Crippen LogP contribution in [-0.2, 0) is 10.0 Å². The highest BCUT2D eigenvalue weighted by Crippen LogP contribution is 2.23. The number of benzene rings is 1. The third kappa shape index (κ3) is 2.84. The van der Waals surface area contributed by atoms with Crippen molar-refractivity contribution < 1.29 is 8.42 Å². The van der Waals surface area contributed by atoms with E-state index in [9.17, 15) is 8.42 Å². The summed E-state index contributed by atoms with van der Waals surface area (Å²) in [5.74, 6) is 0.608. The van der Waals surface area contributed by atoms with Crippen LogP contribution in [-0.4, -0.2) is 25.8 Å². The van der Waals surface area contributed by atoms with Gasteiger partial charge in [0.25, 0.3) is 0 Å². The van der Waals surface area contributed by atoms with Crippen molar-refractivity contribution in [1.82, 2.24) is 4.31 Å². The van der Waals surface area contributed by atoms with Gasteiger partial charge in [-0.15, -0.1) is 0 Å². The second-order valence-electron chi connectivity index (χ2n) is 5.01. The Bertz CT molecular complexity index is 496. The van der Waals surface area contributed by atoms with Gasteiger partial charge >= 0.3 is 0 Å². The molecule has 0 aromatic heterocycles. The highest BCUT2D eigenvalue weighted by Gasteiger charge is 2.26. The Balaban J connectivity index is 2.22. The van der Waals surface area contributed by atoms with E-state index in [0.717, 1.165) is 19.3 Å². The Morgan fingerprint density at radius 2 is 1.83 bits per heavy atom. The summed E-state index contributed by atoms with van der Waals surface area (Å²) >= 11 is 0. The molecule has 4 nitrogen and oxygen atoms in total. The molecule has 0 amide bonds. The minimum atomic E-state index is -3.35. The lowest BCUT2D eigenvalue weighted by atomic mass is 10.0. The van der Waals surface area contributed by atoms with Gasteiger partial charge in [-0.2, -0.15) is 4.31 Å². The molecule has 1 aromatic carbocycles. The van der Waals surface area contributed by atoms with Gasteiger partial charge in [0.2, 0.25) is 10.0 Å². The van der Waals surface area contributed by atoms with Crippen molar-refractivity contribution in [1.29, 1.82) is 0 Å². The van der Waals surface area contributed by atoms with Crippen molar-refractivity contribution in [3.05, 3.63) is 24.3 Å². The van der Waals surface area contributed by atoms with E-state index in [1.165, 1.54) is 0 Å². The maximum atomic E-state index is 12.4. The van der Waals surface area contributed by atoms with Crippen molar-refractivity contribution in [2.24, 2.45) is 5.92 Å². The van der Waals surface area contributed by atoms with Gasteiger partial charge in [0, 0.05) is 18.8 Å². The normalized spacial score (nSPS) is 22.6. The molecule has 1 aliphatic heterocycles. The van der Waals surface area contributed by atoms with Crippen molar-refractivity contribution in [2.75, 3.05) is 18.8 Å². The predicted molar refractivity (Wildman–Crippen MR) is 72.6 cm³/mol. The van der Waals surface area contributed by atoms with E-state index in [1.54, 1.807) is 28.6 Å². The molecule has 1 aromatic rings. The molecular weight excluding hydrogens is 248 g/mol. The molecule has 18 heavy (non-hydrogen) atoms. The van der Waals surface area contributed by atoms with Gasteiger partial charge in [-0.05, 0) is 49.4 Å². The number of sulfonamides is 1. The van der Waals surface area contributed by atoms with Crippen LogP contribution in [0.4, 0.5) is 5.69 Å². The molecule has 0 saturated carbocycles. The lowest BCUT2D eigenvalue weighted by molar-refractivity contribution is 0.417. The fourth-order valence-corrected chi connectivity index (χ4v) is 3.76. The molecule has 1 atom stereocenters. The highest BCUT2D eigenvalue weighted by molar-refractivity contribution is 7.89. The lowest BCUT2D eigenvalue weighted by Gasteiger charge is -2.20. The first kappa shape index (κ1) is 13.4. The van der Waals surface area contributed by atoms with Crippen LogP contribution in [0.5, 0.6) is 0 Å². The summed E-state index contributed by atoms with van der Waals surface area (Å²) in [6.07, 6.45) is 2.98. The third-order valence-electron chi connectivity index (χ3n) is 3.49. The number of nitrogens with two attached hydrogens (primary N) is 1. The molecule has 2 rings (SSSR count). The second kappa shape index (κ2) is 5.28. The molecule has 100 valence electrons. The summed E-state index contributed by atoms with van der Waals surface area (Å²) in [7, 11) is -3.35. The van der Waals surface area contributed by atoms with Gasteiger partial charge in [0.15, 0.2) is 0 Å². The second-order valence-corrected chi connectivity index (χ2v) is 6.95. The van der Waals surface area contributed by atoms with Crippen LogP contribution in [0.25, 0.3) is 0 Å². The van der Waals surface area contributed by atoms with E-state index in [2.05, 4.69) is 6.92 Å². The summed E-state index contributed by atoms with van der Waals surface area (Å²) in [4.78, 5) is 0.339. The molecule has 1 saturated heterocycles. The third-order valence-corrected chi connectivity index (χ3v) is 5.41. The number of rotatable bonds is 2. The van der Waals surface area contributed by atoms with Crippen LogP contribution in [0.15, 0.2) is 29.2 Å². The summed E-state index contributed by atoms with van der Waals surface area (Å²) in [5, 5.41) is 0. The Morgan fingerprint density at radius 1 is 1.17 bits per heavy atom. The van der Waals surface area contributed by atoms with Crippen LogP contribution in [0.1, 0.15) is 26.2 Å². The summed E-state index contributed by atoms with van der Waals surface area (Å²) in [5.41, 5.74) is 6.17. The highest BCUT2D eigenvalue weighted by atomic mass is 32.2. The zero-order valence-electron chi connectivity index (χ0n) is 10.7. The zero-order chi connectivity index (χ0) is 13.2. The van der Waals surface area contributed by atoms with E-state index < -0.39 is 10.0 Å². The molecule has 1 aliphatic rings. The molecule has 2 N–H and O–H groups in total. The summed E-state index contributed by atoms with van der Waals surface area (Å²) < 4.78 is 26.5. The molecule has 0 aliphatic carbocycles. The first-order chi connectivity index (χ1) is 8.50. The topological polar surface area (TPSA) is 63.4 Å². The standard InChI is InChI=1S/C13H20N2O2S/c1-11-3-2-9-15(10-8-11)18(16,17)13-6-4-12(14)5-7-13/h4-7,11H,2-3,8-10,14H2,1H3. The first-order valence-corrected chi connectivity index (χ1v) is 7.80. The molecule has 1 unspecified atom stereocenters. The van der Waals surface area contributed by atoms with Crippen molar-refractivity contribution in [3.63, 3.8) is 0 Å². The smallest absolute Gasteiger partial charge is 0.243 e. The number of anilines is 1. The molecule has 0 spiro atoms. The number of nitrogen functional groups attached to an aromatic ring is 1. The minimum absolute atomic E-state index is 0.339. The molecule has 5 heteroatoms. The Morgan fingerprint density at radius 3 is 2.50 bits per heavy atom. The van der Waals surface area contributed by atoms with E-state index in [4.69, 9.17) is 5.73 Å². The van der Waals surface area contributed by atoms with Gasteiger partial charge < -0.3 is 5.73 Å². The Labute approximate surface area is 109 Å². The maximum absolute atomic E-state index is 12.4. The number of hydrogen-bond acceptors (Lipinski definition) is 3. The van der Waals surface area contributed by atoms with E-state index >= 15 is 0 Å².